The molecule has 0 radical (unpaired) electrons. The number of fused-ring (bicyclic) bond motifs is 1. The number of nitrogens with zero attached hydrogens (tertiary/aromatic N) is 1. The van der Waals surface area contributed by atoms with Gasteiger partial charge in [-0.05, 0) is 23.5 Å². The van der Waals surface area contributed by atoms with Gasteiger partial charge in [-0.3, -0.25) is 4.79 Å². The fourth-order valence-corrected chi connectivity index (χ4v) is 2.55. The summed E-state index contributed by atoms with van der Waals surface area (Å²) in [5.74, 6) is -0.399. The maximum absolute atomic E-state index is 13.2. The third-order valence-corrected chi connectivity index (χ3v) is 3.66. The highest BCUT2D eigenvalue weighted by atomic mass is 19.4. The largest absolute Gasteiger partial charge is 0.427 e. The van der Waals surface area contributed by atoms with Crippen LogP contribution in [-0.4, -0.2) is 31.3 Å². The van der Waals surface area contributed by atoms with Crippen LogP contribution in [0, 0.1) is 0 Å². The third kappa shape index (κ3) is 3.07. The summed E-state index contributed by atoms with van der Waals surface area (Å²) in [6.45, 7) is 3.61. The normalized spacial score (nSPS) is 14.3. The van der Waals surface area contributed by atoms with Gasteiger partial charge in [0.05, 0.1) is 12.2 Å². The number of amides is 1. The van der Waals surface area contributed by atoms with Crippen LogP contribution in [0.5, 0.6) is 0 Å². The Kier molecular flexibility index (Phi) is 4.32. The number of carbonyl (C=O) groups is 1. The number of carbonyl (C=O) groups excluding carboxylic acids is 1. The molecule has 0 saturated heterocycles. The first-order chi connectivity index (χ1) is 9.75. The lowest BCUT2D eigenvalue weighted by molar-refractivity contribution is -0.138. The molecule has 0 fully saturated rings. The van der Waals surface area contributed by atoms with Crippen molar-refractivity contribution < 1.29 is 22.6 Å². The highest BCUT2D eigenvalue weighted by Gasteiger charge is 2.39. The summed E-state index contributed by atoms with van der Waals surface area (Å²) >= 11 is 0. The molecule has 1 aromatic rings. The first-order valence-corrected chi connectivity index (χ1v) is 6.86. The Balaban J connectivity index is 2.50. The van der Waals surface area contributed by atoms with Crippen molar-refractivity contribution in [3.05, 3.63) is 28.8 Å². The fraction of sp³-hybridized carbons (Fsp3) is 0.500. The molecule has 0 aromatic heterocycles. The van der Waals surface area contributed by atoms with Crippen molar-refractivity contribution in [1.29, 1.82) is 0 Å². The van der Waals surface area contributed by atoms with Crippen LogP contribution in [0.1, 0.15) is 34.8 Å². The van der Waals surface area contributed by atoms with Crippen LogP contribution in [-0.2, 0) is 17.4 Å². The molecule has 1 aromatic carbocycles. The molecule has 1 aliphatic rings. The molecule has 0 bridgehead atoms. The van der Waals surface area contributed by atoms with Crippen molar-refractivity contribution in [1.82, 2.24) is 4.90 Å². The summed E-state index contributed by atoms with van der Waals surface area (Å²) in [4.78, 5) is 13.7. The first kappa shape index (κ1) is 15.9. The zero-order valence-corrected chi connectivity index (χ0v) is 12.3. The predicted octanol–water partition coefficient (Wildman–Crippen LogP) is 2.55. The SMILES string of the molecule is CCCN(C)C(=O)c1cc2c(c(C(F)(F)F)c1)COB2C. The molecule has 1 heterocycles. The first-order valence-electron chi connectivity index (χ1n) is 6.86. The molecule has 3 nitrogen and oxygen atoms in total. The van der Waals surface area contributed by atoms with Crippen molar-refractivity contribution in [2.24, 2.45) is 0 Å². The highest BCUT2D eigenvalue weighted by molar-refractivity contribution is 6.67. The zero-order valence-electron chi connectivity index (χ0n) is 12.3. The summed E-state index contributed by atoms with van der Waals surface area (Å²) in [6, 6.07) is 2.46. The van der Waals surface area contributed by atoms with E-state index in [2.05, 4.69) is 0 Å². The van der Waals surface area contributed by atoms with Crippen LogP contribution < -0.4 is 5.46 Å². The number of alkyl halides is 3. The van der Waals surface area contributed by atoms with Crippen LogP contribution >= 0.6 is 0 Å². The van der Waals surface area contributed by atoms with E-state index in [0.29, 0.717) is 12.0 Å². The zero-order chi connectivity index (χ0) is 15.8. The Morgan fingerprint density at radius 3 is 2.67 bits per heavy atom. The van der Waals surface area contributed by atoms with Crippen molar-refractivity contribution >= 4 is 18.3 Å². The molecular formula is C14H17BF3NO2. The van der Waals surface area contributed by atoms with E-state index in [1.54, 1.807) is 13.9 Å². The van der Waals surface area contributed by atoms with Crippen LogP contribution in [0.15, 0.2) is 12.1 Å². The maximum Gasteiger partial charge on any atom is 0.416 e. The topological polar surface area (TPSA) is 29.5 Å². The summed E-state index contributed by atoms with van der Waals surface area (Å²) in [5, 5.41) is 0. The second-order valence-electron chi connectivity index (χ2n) is 5.27. The molecule has 21 heavy (non-hydrogen) atoms. The Morgan fingerprint density at radius 1 is 1.43 bits per heavy atom. The van der Waals surface area contributed by atoms with E-state index < -0.39 is 24.6 Å². The van der Waals surface area contributed by atoms with Crippen LogP contribution in [0.4, 0.5) is 13.2 Å². The van der Waals surface area contributed by atoms with E-state index in [9.17, 15) is 18.0 Å². The van der Waals surface area contributed by atoms with Gasteiger partial charge >= 0.3 is 13.1 Å². The summed E-state index contributed by atoms with van der Waals surface area (Å²) < 4.78 is 44.8. The lowest BCUT2D eigenvalue weighted by Crippen LogP contribution is -2.32. The van der Waals surface area contributed by atoms with Gasteiger partial charge in [-0.2, -0.15) is 13.2 Å². The highest BCUT2D eigenvalue weighted by Crippen LogP contribution is 2.34. The molecule has 1 amide bonds. The fourth-order valence-electron chi connectivity index (χ4n) is 2.55. The molecule has 0 N–H and O–H groups in total. The maximum atomic E-state index is 13.2. The lowest BCUT2D eigenvalue weighted by Gasteiger charge is -2.19. The summed E-state index contributed by atoms with van der Waals surface area (Å²) in [7, 11) is 1.59. The Morgan fingerprint density at radius 2 is 2.10 bits per heavy atom. The van der Waals surface area contributed by atoms with Gasteiger partial charge in [0.1, 0.15) is 0 Å². The number of rotatable bonds is 3. The number of hydrogen-bond donors (Lipinski definition) is 0. The number of hydrogen-bond acceptors (Lipinski definition) is 2. The smallest absolute Gasteiger partial charge is 0.416 e. The molecule has 2 rings (SSSR count). The minimum absolute atomic E-state index is 0.0642. The molecule has 114 valence electrons. The molecule has 1 aliphatic heterocycles. The van der Waals surface area contributed by atoms with Crippen LogP contribution in [0.3, 0.4) is 0 Å². The standard InChI is InChI=1S/C14H17BF3NO2/c1-4-5-19(3)13(20)9-6-11(14(16,17)18)10-8-21-15(2)12(10)7-9/h6-7H,4-5,8H2,1-3H3. The minimum atomic E-state index is -4.49. The van der Waals surface area contributed by atoms with Gasteiger partial charge in [0.25, 0.3) is 5.91 Å². The van der Waals surface area contributed by atoms with Gasteiger partial charge in [0.15, 0.2) is 0 Å². The van der Waals surface area contributed by atoms with E-state index in [4.69, 9.17) is 4.65 Å². The van der Waals surface area contributed by atoms with E-state index in [1.807, 2.05) is 6.92 Å². The summed E-state index contributed by atoms with van der Waals surface area (Å²) in [6.07, 6.45) is -3.74. The lowest BCUT2D eigenvalue weighted by atomic mass is 9.63. The molecule has 0 aliphatic carbocycles. The molecular weight excluding hydrogens is 282 g/mol. The van der Waals surface area contributed by atoms with Crippen LogP contribution in [0.25, 0.3) is 0 Å². The predicted molar refractivity (Wildman–Crippen MR) is 74.7 cm³/mol. The molecule has 0 atom stereocenters. The summed E-state index contributed by atoms with van der Waals surface area (Å²) in [5.41, 5.74) is -0.102. The van der Waals surface area contributed by atoms with Crippen LogP contribution in [0.2, 0.25) is 6.82 Å². The van der Waals surface area contributed by atoms with Gasteiger partial charge in [-0.25, -0.2) is 0 Å². The van der Waals surface area contributed by atoms with E-state index in [1.165, 1.54) is 11.0 Å². The second-order valence-corrected chi connectivity index (χ2v) is 5.27. The Bertz CT molecular complexity index is 560. The van der Waals surface area contributed by atoms with Gasteiger partial charge in [0, 0.05) is 19.2 Å². The number of benzene rings is 1. The number of halogens is 3. The quantitative estimate of drug-likeness (QED) is 0.803. The van der Waals surface area contributed by atoms with Gasteiger partial charge in [0.2, 0.25) is 0 Å². The van der Waals surface area contributed by atoms with E-state index in [-0.39, 0.29) is 17.7 Å². The third-order valence-electron chi connectivity index (χ3n) is 3.66. The average Bonchev–Trinajstić information content (AvgIpc) is 2.78. The van der Waals surface area contributed by atoms with E-state index >= 15 is 0 Å². The van der Waals surface area contributed by atoms with Crippen molar-refractivity contribution in [2.45, 2.75) is 33.0 Å². The average molecular weight is 299 g/mol. The van der Waals surface area contributed by atoms with E-state index in [0.717, 1.165) is 12.5 Å². The van der Waals surface area contributed by atoms with Gasteiger partial charge in [-0.15, -0.1) is 0 Å². The Hall–Kier alpha value is -1.50. The molecule has 7 heteroatoms. The van der Waals surface area contributed by atoms with Crippen molar-refractivity contribution in [3.63, 3.8) is 0 Å². The van der Waals surface area contributed by atoms with Gasteiger partial charge in [-0.1, -0.05) is 19.8 Å². The molecule has 0 spiro atoms. The second kappa shape index (κ2) is 5.71. The van der Waals surface area contributed by atoms with Gasteiger partial charge < -0.3 is 9.55 Å². The minimum Gasteiger partial charge on any atom is -0.427 e. The molecule has 0 unspecified atom stereocenters. The molecule has 0 saturated carbocycles. The van der Waals surface area contributed by atoms with Crippen molar-refractivity contribution in [2.75, 3.05) is 13.6 Å². The van der Waals surface area contributed by atoms with Crippen molar-refractivity contribution in [3.8, 4) is 0 Å². The Labute approximate surface area is 122 Å². The monoisotopic (exact) mass is 299 g/mol.